The van der Waals surface area contributed by atoms with Crippen molar-refractivity contribution in [3.63, 3.8) is 0 Å². The number of carbonyl (C=O) groups is 2. The fourth-order valence-corrected chi connectivity index (χ4v) is 4.44. The normalized spacial score (nSPS) is 24.5. The minimum atomic E-state index is 0.0955. The van der Waals surface area contributed by atoms with E-state index in [2.05, 4.69) is 25.7 Å². The molecule has 2 unspecified atom stereocenters. The van der Waals surface area contributed by atoms with Crippen LogP contribution in [0.25, 0.3) is 0 Å². The standard InChI is InChI=1S/C21H37NO2/c1-21(2,3)15-19(23)11-5-4-6-12-20(24)22-14-13-17-9-7-8-10-18(17)16-22/h17-18H,4-16H2,1-3H3. The van der Waals surface area contributed by atoms with Crippen molar-refractivity contribution in [2.75, 3.05) is 13.1 Å². The molecule has 2 rings (SSSR count). The second-order valence-electron chi connectivity index (χ2n) is 9.27. The Morgan fingerprint density at radius 2 is 1.58 bits per heavy atom. The first-order valence-electron chi connectivity index (χ1n) is 10.1. The molecule has 3 heteroatoms. The maximum Gasteiger partial charge on any atom is 0.222 e. The molecule has 1 aliphatic heterocycles. The lowest BCUT2D eigenvalue weighted by Crippen LogP contribution is -2.44. The Morgan fingerprint density at radius 3 is 2.29 bits per heavy atom. The number of amides is 1. The summed E-state index contributed by atoms with van der Waals surface area (Å²) in [6.45, 7) is 8.31. The number of ketones is 1. The summed E-state index contributed by atoms with van der Waals surface area (Å²) in [6.07, 6.45) is 11.6. The monoisotopic (exact) mass is 335 g/mol. The van der Waals surface area contributed by atoms with Crippen molar-refractivity contribution in [1.82, 2.24) is 4.90 Å². The molecule has 24 heavy (non-hydrogen) atoms. The van der Waals surface area contributed by atoms with Crippen molar-refractivity contribution in [3.05, 3.63) is 0 Å². The lowest BCUT2D eigenvalue weighted by Gasteiger charge is -2.41. The molecule has 2 aliphatic rings. The number of piperidine rings is 1. The van der Waals surface area contributed by atoms with E-state index in [1.54, 1.807) is 0 Å². The third-order valence-corrected chi connectivity index (χ3v) is 5.72. The molecule has 0 spiro atoms. The number of fused-ring (bicyclic) bond motifs is 1. The molecule has 0 N–H and O–H groups in total. The van der Waals surface area contributed by atoms with Gasteiger partial charge in [0.2, 0.25) is 5.91 Å². The van der Waals surface area contributed by atoms with E-state index in [0.29, 0.717) is 31.0 Å². The van der Waals surface area contributed by atoms with Crippen LogP contribution < -0.4 is 0 Å². The predicted molar refractivity (Wildman–Crippen MR) is 98.8 cm³/mol. The molecule has 0 aromatic rings. The van der Waals surface area contributed by atoms with E-state index < -0.39 is 0 Å². The molecular weight excluding hydrogens is 298 g/mol. The van der Waals surface area contributed by atoms with Crippen LogP contribution in [0.5, 0.6) is 0 Å². The van der Waals surface area contributed by atoms with Gasteiger partial charge in [0.15, 0.2) is 0 Å². The number of Topliss-reactive ketones (excluding diaryl/α,β-unsaturated/α-hetero) is 1. The molecule has 0 aromatic heterocycles. The zero-order chi connectivity index (χ0) is 17.6. The largest absolute Gasteiger partial charge is 0.342 e. The van der Waals surface area contributed by atoms with Crippen molar-refractivity contribution >= 4 is 11.7 Å². The van der Waals surface area contributed by atoms with E-state index >= 15 is 0 Å². The Balaban J connectivity index is 1.57. The fraction of sp³-hybridized carbons (Fsp3) is 0.905. The summed E-state index contributed by atoms with van der Waals surface area (Å²) in [4.78, 5) is 26.4. The minimum absolute atomic E-state index is 0.0955. The summed E-state index contributed by atoms with van der Waals surface area (Å²) in [5, 5.41) is 0. The molecule has 138 valence electrons. The van der Waals surface area contributed by atoms with Crippen LogP contribution in [0.2, 0.25) is 0 Å². The van der Waals surface area contributed by atoms with E-state index in [-0.39, 0.29) is 5.41 Å². The van der Waals surface area contributed by atoms with Crippen molar-refractivity contribution in [2.45, 2.75) is 91.4 Å². The second-order valence-corrected chi connectivity index (χ2v) is 9.27. The highest BCUT2D eigenvalue weighted by Crippen LogP contribution is 2.36. The van der Waals surface area contributed by atoms with Crippen LogP contribution in [-0.4, -0.2) is 29.7 Å². The zero-order valence-corrected chi connectivity index (χ0v) is 16.1. The smallest absolute Gasteiger partial charge is 0.222 e. The van der Waals surface area contributed by atoms with Crippen LogP contribution in [0, 0.1) is 17.3 Å². The number of unbranched alkanes of at least 4 members (excludes halogenated alkanes) is 2. The first-order valence-corrected chi connectivity index (χ1v) is 10.1. The lowest BCUT2D eigenvalue weighted by molar-refractivity contribution is -0.134. The van der Waals surface area contributed by atoms with Crippen LogP contribution in [0.4, 0.5) is 0 Å². The van der Waals surface area contributed by atoms with Gasteiger partial charge < -0.3 is 4.90 Å². The highest BCUT2D eigenvalue weighted by atomic mass is 16.2. The molecule has 3 nitrogen and oxygen atoms in total. The molecule has 0 bridgehead atoms. The Kier molecular flexibility index (Phi) is 7.31. The molecule has 2 fully saturated rings. The molecule has 2 atom stereocenters. The first kappa shape index (κ1) is 19.5. The van der Waals surface area contributed by atoms with Gasteiger partial charge in [0.25, 0.3) is 0 Å². The van der Waals surface area contributed by atoms with E-state index in [4.69, 9.17) is 0 Å². The second kappa shape index (κ2) is 9.01. The summed E-state index contributed by atoms with van der Waals surface area (Å²) in [7, 11) is 0. The molecular formula is C21H37NO2. The Bertz CT molecular complexity index is 424. The van der Waals surface area contributed by atoms with Crippen molar-refractivity contribution in [2.24, 2.45) is 17.3 Å². The molecule has 0 aromatic carbocycles. The fourth-order valence-electron chi connectivity index (χ4n) is 4.44. The van der Waals surface area contributed by atoms with E-state index in [0.717, 1.165) is 44.2 Å². The van der Waals surface area contributed by atoms with Gasteiger partial charge in [0.05, 0.1) is 0 Å². The number of carbonyl (C=O) groups excluding carboxylic acids is 2. The zero-order valence-electron chi connectivity index (χ0n) is 16.1. The number of rotatable bonds is 7. The van der Waals surface area contributed by atoms with Gasteiger partial charge in [-0.1, -0.05) is 46.5 Å². The van der Waals surface area contributed by atoms with Gasteiger partial charge in [-0.3, -0.25) is 9.59 Å². The minimum Gasteiger partial charge on any atom is -0.342 e. The van der Waals surface area contributed by atoms with Crippen LogP contribution in [-0.2, 0) is 9.59 Å². The van der Waals surface area contributed by atoms with E-state index in [1.165, 1.54) is 32.1 Å². The Hall–Kier alpha value is -0.860. The van der Waals surface area contributed by atoms with Crippen molar-refractivity contribution in [1.29, 1.82) is 0 Å². The third-order valence-electron chi connectivity index (χ3n) is 5.72. The summed E-state index contributed by atoms with van der Waals surface area (Å²) in [6, 6.07) is 0. The van der Waals surface area contributed by atoms with Crippen LogP contribution in [0.1, 0.15) is 91.4 Å². The van der Waals surface area contributed by atoms with Crippen molar-refractivity contribution < 1.29 is 9.59 Å². The van der Waals surface area contributed by atoms with Gasteiger partial charge in [-0.15, -0.1) is 0 Å². The SMILES string of the molecule is CC(C)(C)CC(=O)CCCCCC(=O)N1CCC2CCCCC2C1. The van der Waals surface area contributed by atoms with E-state index in [9.17, 15) is 9.59 Å². The summed E-state index contributed by atoms with van der Waals surface area (Å²) in [5.74, 6) is 2.37. The molecule has 0 radical (unpaired) electrons. The number of hydrogen-bond donors (Lipinski definition) is 0. The van der Waals surface area contributed by atoms with Crippen LogP contribution >= 0.6 is 0 Å². The van der Waals surface area contributed by atoms with Gasteiger partial charge in [-0.2, -0.15) is 0 Å². The average molecular weight is 336 g/mol. The first-order chi connectivity index (χ1) is 11.3. The maximum atomic E-state index is 12.4. The van der Waals surface area contributed by atoms with Gasteiger partial charge in [-0.05, 0) is 42.9 Å². The average Bonchev–Trinajstić information content (AvgIpc) is 2.52. The molecule has 1 saturated heterocycles. The van der Waals surface area contributed by atoms with Crippen molar-refractivity contribution in [3.8, 4) is 0 Å². The van der Waals surface area contributed by atoms with Gasteiger partial charge in [0, 0.05) is 32.4 Å². The lowest BCUT2D eigenvalue weighted by atomic mass is 9.75. The Morgan fingerprint density at radius 1 is 0.917 bits per heavy atom. The quantitative estimate of drug-likeness (QED) is 0.615. The number of nitrogens with zero attached hydrogens (tertiary/aromatic N) is 1. The maximum absolute atomic E-state index is 12.4. The highest BCUT2D eigenvalue weighted by molar-refractivity contribution is 5.79. The van der Waals surface area contributed by atoms with Crippen LogP contribution in [0.15, 0.2) is 0 Å². The topological polar surface area (TPSA) is 37.4 Å². The Labute approximate surface area is 148 Å². The highest BCUT2D eigenvalue weighted by Gasteiger charge is 2.32. The summed E-state index contributed by atoms with van der Waals surface area (Å²) < 4.78 is 0. The summed E-state index contributed by atoms with van der Waals surface area (Å²) >= 11 is 0. The molecule has 1 aliphatic carbocycles. The summed E-state index contributed by atoms with van der Waals surface area (Å²) in [5.41, 5.74) is 0.0955. The van der Waals surface area contributed by atoms with Gasteiger partial charge in [-0.25, -0.2) is 0 Å². The van der Waals surface area contributed by atoms with Gasteiger partial charge in [0.1, 0.15) is 5.78 Å². The van der Waals surface area contributed by atoms with Crippen LogP contribution in [0.3, 0.4) is 0 Å². The van der Waals surface area contributed by atoms with Gasteiger partial charge >= 0.3 is 0 Å². The number of hydrogen-bond acceptors (Lipinski definition) is 2. The predicted octanol–water partition coefficient (Wildman–Crippen LogP) is 4.98. The number of likely N-dealkylation sites (tertiary alicyclic amines) is 1. The third kappa shape index (κ3) is 6.57. The molecule has 1 amide bonds. The van der Waals surface area contributed by atoms with E-state index in [1.807, 2.05) is 0 Å². The molecule has 1 heterocycles. The molecule has 1 saturated carbocycles.